The van der Waals surface area contributed by atoms with E-state index in [1.165, 1.54) is 0 Å². The molecule has 0 radical (unpaired) electrons. The molecule has 0 spiro atoms. The van der Waals surface area contributed by atoms with Crippen LogP contribution in [0.2, 0.25) is 0 Å². The van der Waals surface area contributed by atoms with Crippen LogP contribution in [0.25, 0.3) is 0 Å². The molecule has 2 amide bonds. The molecule has 0 atom stereocenters. The topological polar surface area (TPSA) is 73.9 Å². The molecule has 7 heteroatoms. The summed E-state index contributed by atoms with van der Waals surface area (Å²) in [5, 5.41) is 5.95. The highest BCUT2D eigenvalue weighted by atomic mass is 16.5. The molecule has 0 saturated carbocycles. The quantitative estimate of drug-likeness (QED) is 0.734. The third-order valence-electron chi connectivity index (χ3n) is 5.32. The maximum Gasteiger partial charge on any atom is 0.238 e. The van der Waals surface area contributed by atoms with Gasteiger partial charge in [0.25, 0.3) is 0 Å². The molecule has 2 aromatic carbocycles. The first kappa shape index (κ1) is 21.8. The van der Waals surface area contributed by atoms with Crippen LogP contribution in [0.4, 0.5) is 11.4 Å². The predicted octanol–water partition coefficient (Wildman–Crippen LogP) is 2.51. The maximum atomic E-state index is 12.5. The van der Waals surface area contributed by atoms with Crippen LogP contribution in [0.3, 0.4) is 0 Å². The normalized spacial score (nSPS) is 14.9. The molecule has 1 saturated heterocycles. The number of nitrogens with zero attached hydrogens (tertiary/aromatic N) is 2. The van der Waals surface area contributed by atoms with Crippen LogP contribution in [-0.2, 0) is 9.59 Å². The second kappa shape index (κ2) is 10.2. The van der Waals surface area contributed by atoms with Gasteiger partial charge in [-0.1, -0.05) is 18.2 Å². The van der Waals surface area contributed by atoms with E-state index in [-0.39, 0.29) is 11.8 Å². The SMILES string of the molecule is COc1ccc(NC(=O)CN2CCN(CC(=O)Nc3c(C)cccc3C)CC2)cc1. The largest absolute Gasteiger partial charge is 0.497 e. The number of piperazine rings is 1. The summed E-state index contributed by atoms with van der Waals surface area (Å²) in [6.45, 7) is 7.73. The molecule has 1 fully saturated rings. The molecule has 1 aliphatic rings. The monoisotopic (exact) mass is 410 g/mol. The van der Waals surface area contributed by atoms with E-state index in [9.17, 15) is 9.59 Å². The number of benzene rings is 2. The lowest BCUT2D eigenvalue weighted by Gasteiger charge is -2.33. The lowest BCUT2D eigenvalue weighted by atomic mass is 10.1. The zero-order valence-electron chi connectivity index (χ0n) is 17.9. The van der Waals surface area contributed by atoms with Crippen LogP contribution in [0, 0.1) is 13.8 Å². The molecule has 30 heavy (non-hydrogen) atoms. The van der Waals surface area contributed by atoms with Crippen molar-refractivity contribution in [2.75, 3.05) is 57.0 Å². The number of hydrogen-bond donors (Lipinski definition) is 2. The van der Waals surface area contributed by atoms with Gasteiger partial charge in [0.2, 0.25) is 11.8 Å². The molecule has 0 aliphatic carbocycles. The summed E-state index contributed by atoms with van der Waals surface area (Å²) in [4.78, 5) is 29.0. The van der Waals surface area contributed by atoms with Crippen molar-refractivity contribution in [2.45, 2.75) is 13.8 Å². The summed E-state index contributed by atoms with van der Waals surface area (Å²) < 4.78 is 5.12. The lowest BCUT2D eigenvalue weighted by Crippen LogP contribution is -2.50. The summed E-state index contributed by atoms with van der Waals surface area (Å²) in [6.07, 6.45) is 0. The Balaban J connectivity index is 1.40. The van der Waals surface area contributed by atoms with Crippen molar-refractivity contribution in [1.82, 2.24) is 9.80 Å². The van der Waals surface area contributed by atoms with Gasteiger partial charge in [0.15, 0.2) is 0 Å². The van der Waals surface area contributed by atoms with Gasteiger partial charge in [0.05, 0.1) is 20.2 Å². The number of nitrogens with one attached hydrogen (secondary N) is 2. The molecule has 3 rings (SSSR count). The van der Waals surface area contributed by atoms with Gasteiger partial charge in [-0.3, -0.25) is 19.4 Å². The van der Waals surface area contributed by atoms with Gasteiger partial charge >= 0.3 is 0 Å². The van der Waals surface area contributed by atoms with Crippen LogP contribution in [0.15, 0.2) is 42.5 Å². The Morgan fingerprint density at radius 1 is 0.833 bits per heavy atom. The minimum Gasteiger partial charge on any atom is -0.497 e. The Bertz CT molecular complexity index is 854. The van der Waals surface area contributed by atoms with Crippen LogP contribution in [0.5, 0.6) is 5.75 Å². The van der Waals surface area contributed by atoms with Crippen molar-refractivity contribution in [2.24, 2.45) is 0 Å². The molecular weight excluding hydrogens is 380 g/mol. The number of rotatable bonds is 7. The van der Waals surface area contributed by atoms with Gasteiger partial charge in [0.1, 0.15) is 5.75 Å². The Labute approximate surface area is 178 Å². The smallest absolute Gasteiger partial charge is 0.238 e. The Morgan fingerprint density at radius 3 is 1.83 bits per heavy atom. The van der Waals surface area contributed by atoms with E-state index < -0.39 is 0 Å². The first-order chi connectivity index (χ1) is 14.4. The zero-order valence-corrected chi connectivity index (χ0v) is 17.9. The fourth-order valence-corrected chi connectivity index (χ4v) is 3.58. The summed E-state index contributed by atoms with van der Waals surface area (Å²) in [7, 11) is 1.61. The Morgan fingerprint density at radius 2 is 1.33 bits per heavy atom. The second-order valence-corrected chi connectivity index (χ2v) is 7.64. The third kappa shape index (κ3) is 6.05. The van der Waals surface area contributed by atoms with Gasteiger partial charge in [-0.25, -0.2) is 0 Å². The molecule has 2 aromatic rings. The van der Waals surface area contributed by atoms with Crippen LogP contribution in [0.1, 0.15) is 11.1 Å². The van der Waals surface area contributed by atoms with E-state index in [2.05, 4.69) is 20.4 Å². The Hall–Kier alpha value is -2.90. The van der Waals surface area contributed by atoms with Gasteiger partial charge in [-0.05, 0) is 49.2 Å². The highest BCUT2D eigenvalue weighted by Gasteiger charge is 2.21. The molecule has 2 N–H and O–H groups in total. The summed E-state index contributed by atoms with van der Waals surface area (Å²) in [5.74, 6) is 0.713. The number of anilines is 2. The summed E-state index contributed by atoms with van der Waals surface area (Å²) in [6, 6.07) is 13.3. The van der Waals surface area contributed by atoms with E-state index in [1.807, 2.05) is 56.3 Å². The van der Waals surface area contributed by atoms with Gasteiger partial charge in [0, 0.05) is 37.6 Å². The number of carbonyl (C=O) groups is 2. The van der Waals surface area contributed by atoms with E-state index in [0.29, 0.717) is 13.1 Å². The average molecular weight is 411 g/mol. The minimum atomic E-state index is -0.0404. The van der Waals surface area contributed by atoms with Crippen molar-refractivity contribution in [3.63, 3.8) is 0 Å². The molecule has 160 valence electrons. The summed E-state index contributed by atoms with van der Waals surface area (Å²) >= 11 is 0. The molecule has 7 nitrogen and oxygen atoms in total. The van der Waals surface area contributed by atoms with Crippen molar-refractivity contribution < 1.29 is 14.3 Å². The number of ether oxygens (including phenoxy) is 1. The first-order valence-corrected chi connectivity index (χ1v) is 10.2. The van der Waals surface area contributed by atoms with E-state index in [0.717, 1.165) is 54.4 Å². The Kier molecular flexibility index (Phi) is 7.43. The van der Waals surface area contributed by atoms with Gasteiger partial charge in [-0.15, -0.1) is 0 Å². The fourth-order valence-electron chi connectivity index (χ4n) is 3.58. The predicted molar refractivity (Wildman–Crippen MR) is 119 cm³/mol. The van der Waals surface area contributed by atoms with Crippen molar-refractivity contribution in [1.29, 1.82) is 0 Å². The maximum absolute atomic E-state index is 12.5. The van der Waals surface area contributed by atoms with E-state index in [1.54, 1.807) is 7.11 Å². The van der Waals surface area contributed by atoms with Crippen LogP contribution >= 0.6 is 0 Å². The molecule has 0 aromatic heterocycles. The summed E-state index contributed by atoms with van der Waals surface area (Å²) in [5.41, 5.74) is 3.78. The zero-order chi connectivity index (χ0) is 21.5. The highest BCUT2D eigenvalue weighted by Crippen LogP contribution is 2.19. The molecule has 0 bridgehead atoms. The van der Waals surface area contributed by atoms with Crippen molar-refractivity contribution >= 4 is 23.2 Å². The number of carbonyl (C=O) groups excluding carboxylic acids is 2. The first-order valence-electron chi connectivity index (χ1n) is 10.2. The molecular formula is C23H30N4O3. The average Bonchev–Trinajstić information content (AvgIpc) is 2.73. The highest BCUT2D eigenvalue weighted by molar-refractivity contribution is 5.94. The van der Waals surface area contributed by atoms with E-state index >= 15 is 0 Å². The van der Waals surface area contributed by atoms with Gasteiger partial charge < -0.3 is 15.4 Å². The fraction of sp³-hybridized carbons (Fsp3) is 0.391. The van der Waals surface area contributed by atoms with Crippen molar-refractivity contribution in [3.8, 4) is 5.75 Å². The second-order valence-electron chi connectivity index (χ2n) is 7.64. The van der Waals surface area contributed by atoms with Crippen molar-refractivity contribution in [3.05, 3.63) is 53.6 Å². The minimum absolute atomic E-state index is 0.00176. The van der Waals surface area contributed by atoms with E-state index in [4.69, 9.17) is 4.74 Å². The standard InChI is InChI=1S/C23H30N4O3/c1-17-5-4-6-18(2)23(17)25-22(29)16-27-13-11-26(12-14-27)15-21(28)24-19-7-9-20(30-3)10-8-19/h4-10H,11-16H2,1-3H3,(H,24,28)(H,25,29). The molecule has 1 heterocycles. The lowest BCUT2D eigenvalue weighted by molar-refractivity contribution is -0.120. The number of methoxy groups -OCH3 is 1. The van der Waals surface area contributed by atoms with Crippen LogP contribution < -0.4 is 15.4 Å². The number of para-hydroxylation sites is 1. The number of aryl methyl sites for hydroxylation is 2. The molecule has 0 unspecified atom stereocenters. The third-order valence-corrected chi connectivity index (χ3v) is 5.32. The number of amides is 2. The number of hydrogen-bond acceptors (Lipinski definition) is 5. The van der Waals surface area contributed by atoms with Crippen LogP contribution in [-0.4, -0.2) is 68.0 Å². The van der Waals surface area contributed by atoms with Gasteiger partial charge in [-0.2, -0.15) is 0 Å². The molecule has 1 aliphatic heterocycles.